The first-order valence-corrected chi connectivity index (χ1v) is 7.64. The van der Waals surface area contributed by atoms with E-state index in [1.165, 1.54) is 25.7 Å². The second kappa shape index (κ2) is 6.88. The van der Waals surface area contributed by atoms with Gasteiger partial charge in [0.2, 0.25) is 0 Å². The average Bonchev–Trinajstić information content (AvgIpc) is 2.82. The van der Waals surface area contributed by atoms with Crippen LogP contribution in [0.25, 0.3) is 0 Å². The Balaban J connectivity index is 1.58. The second-order valence-corrected chi connectivity index (χ2v) is 6.59. The predicted molar refractivity (Wildman–Crippen MR) is 73.6 cm³/mol. The van der Waals surface area contributed by atoms with Gasteiger partial charge in [0.25, 0.3) is 0 Å². The van der Waals surface area contributed by atoms with E-state index < -0.39 is 0 Å². The van der Waals surface area contributed by atoms with Gasteiger partial charge in [-0.2, -0.15) is 0 Å². The Hall–Kier alpha value is -0.120. The lowest BCUT2D eigenvalue weighted by molar-refractivity contribution is 0.0223. The Bertz CT molecular complexity index is 233. The number of rotatable bonds is 6. The molecule has 2 aliphatic rings. The lowest BCUT2D eigenvalue weighted by atomic mass is 9.82. The minimum Gasteiger partial charge on any atom is -0.392 e. The van der Waals surface area contributed by atoms with Crippen LogP contribution in [-0.4, -0.2) is 37.5 Å². The number of nitrogens with one attached hydrogen (secondary N) is 1. The summed E-state index contributed by atoms with van der Waals surface area (Å²) in [7, 11) is 0. The molecule has 3 nitrogen and oxygen atoms in total. The van der Waals surface area contributed by atoms with Crippen LogP contribution >= 0.6 is 0 Å². The molecule has 0 radical (unpaired) electrons. The third-order valence-corrected chi connectivity index (χ3v) is 4.71. The van der Waals surface area contributed by atoms with E-state index in [1.807, 2.05) is 0 Å². The lowest BCUT2D eigenvalue weighted by Crippen LogP contribution is -2.39. The predicted octanol–water partition coefficient (Wildman–Crippen LogP) is 2.33. The van der Waals surface area contributed by atoms with Gasteiger partial charge in [0.1, 0.15) is 0 Å². The summed E-state index contributed by atoms with van der Waals surface area (Å²) in [5.74, 6) is 0.778. The number of aliphatic hydroxyl groups excluding tert-OH is 1. The van der Waals surface area contributed by atoms with Crippen LogP contribution in [0.2, 0.25) is 0 Å². The van der Waals surface area contributed by atoms with E-state index in [2.05, 4.69) is 12.2 Å². The monoisotopic (exact) mass is 255 g/mol. The van der Waals surface area contributed by atoms with E-state index in [0.29, 0.717) is 5.41 Å². The molecule has 1 saturated heterocycles. The standard InChI is InChI=1S/C15H29NO2/c1-15(6-8-18-9-7-15)12-16-11-14(17)10-13-4-2-3-5-13/h13-14,16-17H,2-12H2,1H3. The molecule has 0 amide bonds. The summed E-state index contributed by atoms with van der Waals surface area (Å²) in [5.41, 5.74) is 0.366. The molecular formula is C15H29NO2. The molecule has 2 rings (SSSR count). The molecule has 1 aliphatic heterocycles. The van der Waals surface area contributed by atoms with Gasteiger partial charge in [-0.05, 0) is 30.6 Å². The molecule has 0 aromatic heterocycles. The highest BCUT2D eigenvalue weighted by Crippen LogP contribution is 2.29. The minimum atomic E-state index is -0.156. The summed E-state index contributed by atoms with van der Waals surface area (Å²) in [4.78, 5) is 0. The molecule has 1 saturated carbocycles. The lowest BCUT2D eigenvalue weighted by Gasteiger charge is -2.34. The van der Waals surface area contributed by atoms with Crippen molar-refractivity contribution in [2.75, 3.05) is 26.3 Å². The van der Waals surface area contributed by atoms with E-state index >= 15 is 0 Å². The number of ether oxygens (including phenoxy) is 1. The summed E-state index contributed by atoms with van der Waals surface area (Å²) in [6.07, 6.45) is 8.49. The van der Waals surface area contributed by atoms with Crippen molar-refractivity contribution in [3.63, 3.8) is 0 Å². The fourth-order valence-electron chi connectivity index (χ4n) is 3.30. The van der Waals surface area contributed by atoms with E-state index in [9.17, 15) is 5.11 Å². The molecule has 3 heteroatoms. The van der Waals surface area contributed by atoms with Crippen molar-refractivity contribution in [3.05, 3.63) is 0 Å². The smallest absolute Gasteiger partial charge is 0.0667 e. The van der Waals surface area contributed by atoms with Gasteiger partial charge in [0.15, 0.2) is 0 Å². The molecule has 0 aromatic rings. The number of hydrogen-bond acceptors (Lipinski definition) is 3. The van der Waals surface area contributed by atoms with Crippen LogP contribution in [0.1, 0.15) is 51.9 Å². The van der Waals surface area contributed by atoms with Crippen LogP contribution in [0, 0.1) is 11.3 Å². The van der Waals surface area contributed by atoms with Gasteiger partial charge in [0.05, 0.1) is 6.10 Å². The van der Waals surface area contributed by atoms with Crippen molar-refractivity contribution in [1.29, 1.82) is 0 Å². The van der Waals surface area contributed by atoms with Gasteiger partial charge in [0, 0.05) is 26.3 Å². The fourth-order valence-corrected chi connectivity index (χ4v) is 3.30. The van der Waals surface area contributed by atoms with Crippen molar-refractivity contribution >= 4 is 0 Å². The van der Waals surface area contributed by atoms with Gasteiger partial charge in [-0.3, -0.25) is 0 Å². The van der Waals surface area contributed by atoms with Gasteiger partial charge in [-0.1, -0.05) is 32.6 Å². The Kier molecular flexibility index (Phi) is 5.46. The van der Waals surface area contributed by atoms with Crippen LogP contribution in [0.4, 0.5) is 0 Å². The van der Waals surface area contributed by atoms with E-state index in [4.69, 9.17) is 4.74 Å². The molecule has 106 valence electrons. The Morgan fingerprint density at radius 1 is 1.28 bits per heavy atom. The molecule has 1 atom stereocenters. The molecular weight excluding hydrogens is 226 g/mol. The molecule has 1 heterocycles. The summed E-state index contributed by atoms with van der Waals surface area (Å²) in [6.45, 7) is 5.88. The molecule has 1 unspecified atom stereocenters. The summed E-state index contributed by atoms with van der Waals surface area (Å²) in [6, 6.07) is 0. The number of hydrogen-bond donors (Lipinski definition) is 2. The highest BCUT2D eigenvalue weighted by molar-refractivity contribution is 4.80. The van der Waals surface area contributed by atoms with Crippen LogP contribution in [-0.2, 0) is 4.74 Å². The highest BCUT2D eigenvalue weighted by Gasteiger charge is 2.27. The maximum atomic E-state index is 10.0. The molecule has 18 heavy (non-hydrogen) atoms. The van der Waals surface area contributed by atoms with E-state index in [1.54, 1.807) is 0 Å². The van der Waals surface area contributed by atoms with Crippen LogP contribution in [0.5, 0.6) is 0 Å². The normalized spacial score (nSPS) is 26.3. The molecule has 1 aliphatic carbocycles. The highest BCUT2D eigenvalue weighted by atomic mass is 16.5. The first kappa shape index (κ1) is 14.3. The third-order valence-electron chi connectivity index (χ3n) is 4.71. The van der Waals surface area contributed by atoms with Crippen molar-refractivity contribution in [2.45, 2.75) is 58.0 Å². The zero-order valence-electron chi connectivity index (χ0n) is 11.8. The molecule has 2 fully saturated rings. The minimum absolute atomic E-state index is 0.156. The Morgan fingerprint density at radius 3 is 2.61 bits per heavy atom. The first-order valence-electron chi connectivity index (χ1n) is 7.64. The summed E-state index contributed by atoms with van der Waals surface area (Å²) < 4.78 is 5.40. The van der Waals surface area contributed by atoms with Crippen molar-refractivity contribution in [3.8, 4) is 0 Å². The van der Waals surface area contributed by atoms with Crippen LogP contribution in [0.15, 0.2) is 0 Å². The molecule has 0 spiro atoms. The van der Waals surface area contributed by atoms with Crippen molar-refractivity contribution in [2.24, 2.45) is 11.3 Å². The van der Waals surface area contributed by atoms with Gasteiger partial charge >= 0.3 is 0 Å². The number of aliphatic hydroxyl groups is 1. The fraction of sp³-hybridized carbons (Fsp3) is 1.00. The zero-order valence-corrected chi connectivity index (χ0v) is 11.8. The quantitative estimate of drug-likeness (QED) is 0.765. The Morgan fingerprint density at radius 2 is 1.94 bits per heavy atom. The summed E-state index contributed by atoms with van der Waals surface area (Å²) >= 11 is 0. The largest absolute Gasteiger partial charge is 0.392 e. The van der Waals surface area contributed by atoms with Gasteiger partial charge in [-0.15, -0.1) is 0 Å². The topological polar surface area (TPSA) is 41.5 Å². The zero-order chi connectivity index (χ0) is 12.8. The van der Waals surface area contributed by atoms with Crippen molar-refractivity contribution < 1.29 is 9.84 Å². The van der Waals surface area contributed by atoms with E-state index in [0.717, 1.165) is 51.5 Å². The second-order valence-electron chi connectivity index (χ2n) is 6.59. The van der Waals surface area contributed by atoms with E-state index in [-0.39, 0.29) is 6.10 Å². The van der Waals surface area contributed by atoms with Crippen molar-refractivity contribution in [1.82, 2.24) is 5.32 Å². The average molecular weight is 255 g/mol. The van der Waals surface area contributed by atoms with Crippen LogP contribution < -0.4 is 5.32 Å². The maximum absolute atomic E-state index is 10.0. The summed E-state index contributed by atoms with van der Waals surface area (Å²) in [5, 5.41) is 13.5. The molecule has 0 bridgehead atoms. The first-order chi connectivity index (χ1) is 8.68. The van der Waals surface area contributed by atoms with Crippen LogP contribution in [0.3, 0.4) is 0 Å². The van der Waals surface area contributed by atoms with Gasteiger partial charge < -0.3 is 15.2 Å². The Labute approximate surface area is 111 Å². The molecule has 0 aromatic carbocycles. The third kappa shape index (κ3) is 4.52. The maximum Gasteiger partial charge on any atom is 0.0667 e. The van der Waals surface area contributed by atoms with Gasteiger partial charge in [-0.25, -0.2) is 0 Å². The molecule has 2 N–H and O–H groups in total. The SMILES string of the molecule is CC1(CNCC(O)CC2CCCC2)CCOCC1.